The van der Waals surface area contributed by atoms with Crippen LogP contribution in [0.4, 0.5) is 0 Å². The Kier molecular flexibility index (Phi) is 3.20. The van der Waals surface area contributed by atoms with Gasteiger partial charge in [0.25, 0.3) is 0 Å². The molecule has 0 saturated heterocycles. The first-order valence-corrected chi connectivity index (χ1v) is 7.91. The van der Waals surface area contributed by atoms with E-state index < -0.39 is 5.97 Å². The third-order valence-corrected chi connectivity index (χ3v) is 4.75. The van der Waals surface area contributed by atoms with Gasteiger partial charge in [-0.05, 0) is 18.2 Å². The molecule has 0 aliphatic carbocycles. The average Bonchev–Trinajstić information content (AvgIpc) is 3.20. The van der Waals surface area contributed by atoms with E-state index in [2.05, 4.69) is 4.98 Å². The van der Waals surface area contributed by atoms with E-state index in [1.165, 1.54) is 0 Å². The summed E-state index contributed by atoms with van der Waals surface area (Å²) in [5, 5.41) is 10.3. The lowest BCUT2D eigenvalue weighted by Crippen LogP contribution is -1.94. The lowest BCUT2D eigenvalue weighted by atomic mass is 10.2. The van der Waals surface area contributed by atoms with Crippen LogP contribution in [-0.4, -0.2) is 20.5 Å². The highest BCUT2D eigenvalue weighted by molar-refractivity contribution is 7.18. The van der Waals surface area contributed by atoms with Gasteiger partial charge in [0.15, 0.2) is 0 Å². The predicted molar refractivity (Wildman–Crippen MR) is 90.9 cm³/mol. The number of pyridine rings is 1. The summed E-state index contributed by atoms with van der Waals surface area (Å²) >= 11 is 1.55. The number of aromatic nitrogens is 2. The molecule has 0 aliphatic heterocycles. The zero-order valence-electron chi connectivity index (χ0n) is 12.0. The first kappa shape index (κ1) is 13.7. The van der Waals surface area contributed by atoms with E-state index in [9.17, 15) is 9.90 Å². The first-order valence-electron chi connectivity index (χ1n) is 7.09. The molecule has 3 aromatic heterocycles. The van der Waals surface area contributed by atoms with Crippen LogP contribution >= 0.6 is 11.3 Å². The van der Waals surface area contributed by atoms with E-state index in [0.717, 1.165) is 21.1 Å². The van der Waals surface area contributed by atoms with Crippen LogP contribution in [0.3, 0.4) is 0 Å². The fraction of sp³-hybridized carbons (Fsp3) is 0. The molecular formula is C18H12N2O2S. The number of rotatable bonds is 3. The number of fused-ring (bicyclic) bond motifs is 1. The first-order chi connectivity index (χ1) is 11.2. The van der Waals surface area contributed by atoms with Crippen LogP contribution in [0.5, 0.6) is 0 Å². The van der Waals surface area contributed by atoms with Gasteiger partial charge in [0.1, 0.15) is 5.01 Å². The van der Waals surface area contributed by atoms with Crippen LogP contribution in [0.25, 0.3) is 26.7 Å². The second kappa shape index (κ2) is 5.37. The smallest absolute Gasteiger partial charge is 0.337 e. The Balaban J connectivity index is 1.87. The number of carbonyl (C=O) groups is 1. The summed E-state index contributed by atoms with van der Waals surface area (Å²) in [4.78, 5) is 16.9. The zero-order chi connectivity index (χ0) is 15.8. The number of hydrogen-bond acceptors (Lipinski definition) is 3. The van der Waals surface area contributed by atoms with Crippen molar-refractivity contribution in [2.75, 3.05) is 0 Å². The second-order valence-corrected chi connectivity index (χ2v) is 6.13. The minimum Gasteiger partial charge on any atom is -0.478 e. The molecule has 1 aromatic carbocycles. The number of nitrogens with zero attached hydrogens (tertiary/aromatic N) is 2. The third kappa shape index (κ3) is 2.31. The predicted octanol–water partition coefficient (Wildman–Crippen LogP) is 4.43. The molecule has 0 spiro atoms. The van der Waals surface area contributed by atoms with Gasteiger partial charge in [0, 0.05) is 18.0 Å². The summed E-state index contributed by atoms with van der Waals surface area (Å²) in [7, 11) is 0. The van der Waals surface area contributed by atoms with Crippen molar-refractivity contribution in [3.05, 3.63) is 72.6 Å². The highest BCUT2D eigenvalue weighted by Gasteiger charge is 2.17. The van der Waals surface area contributed by atoms with Crippen molar-refractivity contribution in [2.45, 2.75) is 0 Å². The monoisotopic (exact) mass is 320 g/mol. The maximum absolute atomic E-state index is 11.5. The van der Waals surface area contributed by atoms with E-state index in [1.54, 1.807) is 23.6 Å². The standard InChI is InChI=1S/C18H12N2O2S/c21-18(22)13-10-15(20-9-5-4-8-14(13)20)16-11-19-17(23-16)12-6-2-1-3-7-12/h1-11H,(H,21,22). The van der Waals surface area contributed by atoms with Crippen molar-refractivity contribution < 1.29 is 9.90 Å². The van der Waals surface area contributed by atoms with Crippen LogP contribution in [0.2, 0.25) is 0 Å². The highest BCUT2D eigenvalue weighted by Crippen LogP contribution is 2.34. The molecule has 4 nitrogen and oxygen atoms in total. The number of thiazole rings is 1. The summed E-state index contributed by atoms with van der Waals surface area (Å²) in [5.74, 6) is -0.923. The van der Waals surface area contributed by atoms with Gasteiger partial charge in [-0.1, -0.05) is 36.4 Å². The van der Waals surface area contributed by atoms with Crippen molar-refractivity contribution in [1.82, 2.24) is 9.38 Å². The van der Waals surface area contributed by atoms with Crippen molar-refractivity contribution in [3.63, 3.8) is 0 Å². The largest absolute Gasteiger partial charge is 0.478 e. The lowest BCUT2D eigenvalue weighted by Gasteiger charge is -1.99. The molecule has 0 atom stereocenters. The van der Waals surface area contributed by atoms with Crippen molar-refractivity contribution in [3.8, 4) is 21.1 Å². The molecule has 4 rings (SSSR count). The Morgan fingerprint density at radius 2 is 1.87 bits per heavy atom. The normalized spacial score (nSPS) is 11.0. The summed E-state index contributed by atoms with van der Waals surface area (Å²) in [6.45, 7) is 0. The van der Waals surface area contributed by atoms with Crippen molar-refractivity contribution >= 4 is 22.8 Å². The van der Waals surface area contributed by atoms with Crippen LogP contribution in [-0.2, 0) is 0 Å². The number of benzene rings is 1. The molecular weight excluding hydrogens is 308 g/mol. The average molecular weight is 320 g/mol. The Morgan fingerprint density at radius 3 is 2.65 bits per heavy atom. The molecule has 1 N–H and O–H groups in total. The fourth-order valence-corrected chi connectivity index (χ4v) is 3.56. The highest BCUT2D eigenvalue weighted by atomic mass is 32.1. The van der Waals surface area contributed by atoms with E-state index in [-0.39, 0.29) is 0 Å². The molecule has 0 bridgehead atoms. The van der Waals surface area contributed by atoms with E-state index in [4.69, 9.17) is 0 Å². The number of carboxylic acid groups (broad SMARTS) is 1. The topological polar surface area (TPSA) is 54.6 Å². The van der Waals surface area contributed by atoms with Crippen molar-refractivity contribution in [2.24, 2.45) is 0 Å². The molecule has 4 aromatic rings. The lowest BCUT2D eigenvalue weighted by molar-refractivity contribution is 0.0699. The molecule has 3 heterocycles. The Labute approximate surface area is 136 Å². The molecule has 0 radical (unpaired) electrons. The second-order valence-electron chi connectivity index (χ2n) is 5.10. The van der Waals surface area contributed by atoms with E-state index in [1.807, 2.05) is 59.1 Å². The minimum absolute atomic E-state index is 0.301. The van der Waals surface area contributed by atoms with Gasteiger partial charge < -0.3 is 9.51 Å². The van der Waals surface area contributed by atoms with Gasteiger partial charge in [-0.15, -0.1) is 11.3 Å². The van der Waals surface area contributed by atoms with Crippen LogP contribution in [0, 0.1) is 0 Å². The molecule has 0 unspecified atom stereocenters. The van der Waals surface area contributed by atoms with Gasteiger partial charge in [-0.2, -0.15) is 0 Å². The number of aromatic carboxylic acids is 1. The Morgan fingerprint density at radius 1 is 1.09 bits per heavy atom. The van der Waals surface area contributed by atoms with Crippen LogP contribution < -0.4 is 0 Å². The zero-order valence-corrected chi connectivity index (χ0v) is 12.8. The SMILES string of the molecule is O=C(O)c1cc(-c2cnc(-c3ccccc3)s2)n2ccccc12. The number of carboxylic acids is 1. The molecule has 23 heavy (non-hydrogen) atoms. The summed E-state index contributed by atoms with van der Waals surface area (Å²) in [5.41, 5.74) is 2.89. The molecule has 0 fully saturated rings. The Hall–Kier alpha value is -2.92. The van der Waals surface area contributed by atoms with Gasteiger partial charge in [0.05, 0.1) is 21.7 Å². The fourth-order valence-electron chi connectivity index (χ4n) is 2.62. The van der Waals surface area contributed by atoms with E-state index in [0.29, 0.717) is 11.1 Å². The molecule has 0 amide bonds. The van der Waals surface area contributed by atoms with Crippen LogP contribution in [0.15, 0.2) is 67.0 Å². The summed E-state index contributed by atoms with van der Waals surface area (Å²) in [6, 6.07) is 17.2. The van der Waals surface area contributed by atoms with Crippen LogP contribution in [0.1, 0.15) is 10.4 Å². The van der Waals surface area contributed by atoms with Gasteiger partial charge in [-0.25, -0.2) is 9.78 Å². The molecule has 0 aliphatic rings. The molecule has 5 heteroatoms. The maximum Gasteiger partial charge on any atom is 0.337 e. The van der Waals surface area contributed by atoms with Crippen molar-refractivity contribution in [1.29, 1.82) is 0 Å². The van der Waals surface area contributed by atoms with Gasteiger partial charge in [-0.3, -0.25) is 0 Å². The third-order valence-electron chi connectivity index (χ3n) is 3.69. The van der Waals surface area contributed by atoms with Gasteiger partial charge in [0.2, 0.25) is 0 Å². The van der Waals surface area contributed by atoms with Gasteiger partial charge >= 0.3 is 5.97 Å². The maximum atomic E-state index is 11.5. The number of hydrogen-bond donors (Lipinski definition) is 1. The minimum atomic E-state index is -0.923. The van der Waals surface area contributed by atoms with E-state index >= 15 is 0 Å². The molecule has 0 saturated carbocycles. The Bertz CT molecular complexity index is 1000. The summed E-state index contributed by atoms with van der Waals surface area (Å²) < 4.78 is 1.89. The molecule has 112 valence electrons. The summed E-state index contributed by atoms with van der Waals surface area (Å²) in [6.07, 6.45) is 3.67. The quantitative estimate of drug-likeness (QED) is 0.607.